The fourth-order valence-corrected chi connectivity index (χ4v) is 2.42. The van der Waals surface area contributed by atoms with Gasteiger partial charge in [-0.2, -0.15) is 0 Å². The van der Waals surface area contributed by atoms with Crippen molar-refractivity contribution in [3.63, 3.8) is 0 Å². The van der Waals surface area contributed by atoms with Gasteiger partial charge in [-0.15, -0.1) is 0 Å². The summed E-state index contributed by atoms with van der Waals surface area (Å²) < 4.78 is 5.35. The van der Waals surface area contributed by atoms with Crippen molar-refractivity contribution < 1.29 is 4.74 Å². The van der Waals surface area contributed by atoms with E-state index in [1.165, 1.54) is 31.2 Å². The van der Waals surface area contributed by atoms with Crippen molar-refractivity contribution in [1.29, 1.82) is 0 Å². The summed E-state index contributed by atoms with van der Waals surface area (Å²) in [6, 6.07) is 10.8. The van der Waals surface area contributed by atoms with Crippen molar-refractivity contribution in [3.05, 3.63) is 42.0 Å². The lowest BCUT2D eigenvalue weighted by molar-refractivity contribution is 0.372. The van der Waals surface area contributed by atoms with Crippen LogP contribution in [0.4, 0.5) is 0 Å². The first-order valence-electron chi connectivity index (χ1n) is 7.21. The van der Waals surface area contributed by atoms with Gasteiger partial charge in [0, 0.05) is 6.42 Å². The molecule has 102 valence electrons. The first kappa shape index (κ1) is 13.9. The first-order chi connectivity index (χ1) is 9.38. The summed E-state index contributed by atoms with van der Waals surface area (Å²) in [5.74, 6) is 0.929. The normalized spacial score (nSPS) is 23.4. The smallest absolute Gasteiger partial charge is 0.183 e. The third-order valence-corrected chi connectivity index (χ3v) is 3.51. The number of ether oxygens (including phenoxy) is 1. The van der Waals surface area contributed by atoms with Crippen LogP contribution in [-0.2, 0) is 4.74 Å². The second-order valence-electron chi connectivity index (χ2n) is 5.03. The summed E-state index contributed by atoms with van der Waals surface area (Å²) in [7, 11) is 1.73. The highest BCUT2D eigenvalue weighted by Crippen LogP contribution is 2.17. The first-order valence-corrected chi connectivity index (χ1v) is 7.21. The lowest BCUT2D eigenvalue weighted by Crippen LogP contribution is -2.13. The molecule has 1 aliphatic heterocycles. The van der Waals surface area contributed by atoms with Crippen molar-refractivity contribution in [2.45, 2.75) is 44.6 Å². The molecule has 1 aromatic carbocycles. The van der Waals surface area contributed by atoms with Crippen LogP contribution in [0.25, 0.3) is 6.08 Å². The van der Waals surface area contributed by atoms with E-state index in [4.69, 9.17) is 9.73 Å². The summed E-state index contributed by atoms with van der Waals surface area (Å²) in [6.07, 6.45) is 11.4. The number of hydrogen-bond acceptors (Lipinski definition) is 2. The molecule has 1 atom stereocenters. The van der Waals surface area contributed by atoms with Gasteiger partial charge in [0.25, 0.3) is 0 Å². The predicted molar refractivity (Wildman–Crippen MR) is 81.4 cm³/mol. The topological polar surface area (TPSA) is 21.6 Å². The third-order valence-electron chi connectivity index (χ3n) is 3.51. The lowest BCUT2D eigenvalue weighted by atomic mass is 10.0. The quantitative estimate of drug-likeness (QED) is 0.783. The molecule has 2 nitrogen and oxygen atoms in total. The van der Waals surface area contributed by atoms with Crippen molar-refractivity contribution in [3.8, 4) is 0 Å². The Balaban J connectivity index is 1.93. The molecule has 0 radical (unpaired) electrons. The van der Waals surface area contributed by atoms with Gasteiger partial charge in [0.05, 0.1) is 13.2 Å². The van der Waals surface area contributed by atoms with E-state index in [0.717, 1.165) is 18.7 Å². The Bertz CT molecular complexity index is 422. The van der Waals surface area contributed by atoms with Crippen LogP contribution in [0.15, 0.2) is 41.4 Å². The summed E-state index contributed by atoms with van der Waals surface area (Å²) in [4.78, 5) is 4.73. The molecule has 1 unspecified atom stereocenters. The van der Waals surface area contributed by atoms with Crippen LogP contribution < -0.4 is 0 Å². The maximum atomic E-state index is 5.35. The number of nitrogens with zero attached hydrogens (tertiary/aromatic N) is 1. The van der Waals surface area contributed by atoms with Crippen LogP contribution in [0.1, 0.15) is 44.1 Å². The van der Waals surface area contributed by atoms with Gasteiger partial charge in [0.1, 0.15) is 0 Å². The third kappa shape index (κ3) is 4.90. The van der Waals surface area contributed by atoms with Crippen molar-refractivity contribution in [2.24, 2.45) is 4.99 Å². The van der Waals surface area contributed by atoms with E-state index in [0.29, 0.717) is 6.04 Å². The van der Waals surface area contributed by atoms with Crippen LogP contribution in [-0.4, -0.2) is 19.0 Å². The number of benzene rings is 1. The molecule has 1 heterocycles. The highest BCUT2D eigenvalue weighted by Gasteiger charge is 2.11. The van der Waals surface area contributed by atoms with E-state index in [1.807, 2.05) is 6.07 Å². The molecular weight excluding hydrogens is 234 g/mol. The summed E-state index contributed by atoms with van der Waals surface area (Å²) in [5, 5.41) is 0. The van der Waals surface area contributed by atoms with Crippen LogP contribution in [0.5, 0.6) is 0 Å². The molecule has 1 aromatic rings. The Morgan fingerprint density at radius 3 is 2.84 bits per heavy atom. The van der Waals surface area contributed by atoms with Gasteiger partial charge in [-0.3, -0.25) is 4.99 Å². The average Bonchev–Trinajstić information content (AvgIpc) is 2.42. The molecule has 0 saturated heterocycles. The standard InChI is InChI=1S/C17H23NO/c1-19-17-14-7-3-6-12-16(18-17)13-8-11-15-9-4-2-5-10-15/h2,4-5,8-11,16H,3,6-7,12-14H2,1H3/b11-8?,18-17+. The second-order valence-corrected chi connectivity index (χ2v) is 5.03. The zero-order chi connectivity index (χ0) is 13.3. The zero-order valence-electron chi connectivity index (χ0n) is 11.7. The fraction of sp³-hybridized carbons (Fsp3) is 0.471. The fourth-order valence-electron chi connectivity index (χ4n) is 2.42. The Hall–Kier alpha value is -1.57. The van der Waals surface area contributed by atoms with Gasteiger partial charge >= 0.3 is 0 Å². The summed E-state index contributed by atoms with van der Waals surface area (Å²) in [6.45, 7) is 0. The van der Waals surface area contributed by atoms with Crippen LogP contribution >= 0.6 is 0 Å². The maximum Gasteiger partial charge on any atom is 0.183 e. The molecule has 0 amide bonds. The molecule has 1 aliphatic rings. The Labute approximate surface area is 116 Å². The van der Waals surface area contributed by atoms with Crippen LogP contribution in [0, 0.1) is 0 Å². The molecule has 0 spiro atoms. The van der Waals surface area contributed by atoms with E-state index in [9.17, 15) is 0 Å². The summed E-state index contributed by atoms with van der Waals surface area (Å²) in [5.41, 5.74) is 1.25. The highest BCUT2D eigenvalue weighted by atomic mass is 16.5. The molecule has 0 bridgehead atoms. The predicted octanol–water partition coefficient (Wildman–Crippen LogP) is 4.47. The largest absolute Gasteiger partial charge is 0.484 e. The van der Waals surface area contributed by atoms with Gasteiger partial charge in [0.2, 0.25) is 0 Å². The van der Waals surface area contributed by atoms with Crippen molar-refractivity contribution in [1.82, 2.24) is 0 Å². The van der Waals surface area contributed by atoms with E-state index in [-0.39, 0.29) is 0 Å². The molecule has 0 fully saturated rings. The Morgan fingerprint density at radius 1 is 1.21 bits per heavy atom. The van der Waals surface area contributed by atoms with E-state index in [2.05, 4.69) is 36.4 Å². The zero-order valence-corrected chi connectivity index (χ0v) is 11.7. The minimum Gasteiger partial charge on any atom is -0.484 e. The van der Waals surface area contributed by atoms with Crippen molar-refractivity contribution >= 4 is 12.0 Å². The highest BCUT2D eigenvalue weighted by molar-refractivity contribution is 5.76. The molecule has 2 heteroatoms. The second kappa shape index (κ2) is 7.78. The minimum absolute atomic E-state index is 0.384. The molecular formula is C17H23NO. The average molecular weight is 257 g/mol. The Morgan fingerprint density at radius 2 is 2.05 bits per heavy atom. The number of aliphatic imine (C=N–C) groups is 1. The molecule has 0 N–H and O–H groups in total. The van der Waals surface area contributed by atoms with Gasteiger partial charge in [-0.05, 0) is 24.8 Å². The molecule has 19 heavy (non-hydrogen) atoms. The van der Waals surface area contributed by atoms with E-state index >= 15 is 0 Å². The lowest BCUT2D eigenvalue weighted by Gasteiger charge is -2.16. The van der Waals surface area contributed by atoms with Gasteiger partial charge < -0.3 is 4.74 Å². The van der Waals surface area contributed by atoms with Crippen molar-refractivity contribution in [2.75, 3.05) is 7.11 Å². The van der Waals surface area contributed by atoms with Crippen LogP contribution in [0.2, 0.25) is 0 Å². The molecule has 0 saturated carbocycles. The van der Waals surface area contributed by atoms with Gasteiger partial charge in [0.15, 0.2) is 5.90 Å². The van der Waals surface area contributed by atoms with E-state index < -0.39 is 0 Å². The van der Waals surface area contributed by atoms with Gasteiger partial charge in [-0.1, -0.05) is 55.3 Å². The maximum absolute atomic E-state index is 5.35. The monoisotopic (exact) mass is 257 g/mol. The van der Waals surface area contributed by atoms with Gasteiger partial charge in [-0.25, -0.2) is 0 Å². The summed E-state index contributed by atoms with van der Waals surface area (Å²) >= 11 is 0. The molecule has 0 aliphatic carbocycles. The Kier molecular flexibility index (Phi) is 5.67. The SMILES string of the molecule is CO/C1=N/C(CC=Cc2ccccc2)CCCCC1. The molecule has 2 rings (SSSR count). The number of methoxy groups -OCH3 is 1. The van der Waals surface area contributed by atoms with Crippen LogP contribution in [0.3, 0.4) is 0 Å². The minimum atomic E-state index is 0.384. The molecule has 0 aromatic heterocycles. The number of hydrogen-bond donors (Lipinski definition) is 0. The number of rotatable bonds is 3. The van der Waals surface area contributed by atoms with E-state index in [1.54, 1.807) is 7.11 Å².